The predicted octanol–water partition coefficient (Wildman–Crippen LogP) is 0.966. The molecule has 2 aliphatic heterocycles. The maximum atomic E-state index is 13.6. The van der Waals surface area contributed by atoms with Crippen LogP contribution >= 0.6 is 0 Å². The van der Waals surface area contributed by atoms with Gasteiger partial charge in [-0.3, -0.25) is 19.5 Å². The summed E-state index contributed by atoms with van der Waals surface area (Å²) in [6.07, 6.45) is 0.780. The first-order valence-corrected chi connectivity index (χ1v) is 10.7. The largest absolute Gasteiger partial charge is 0.478 e. The van der Waals surface area contributed by atoms with Gasteiger partial charge < -0.3 is 20.3 Å². The van der Waals surface area contributed by atoms with Gasteiger partial charge in [0, 0.05) is 44.2 Å². The van der Waals surface area contributed by atoms with Gasteiger partial charge in [-0.25, -0.2) is 8.78 Å². The summed E-state index contributed by atoms with van der Waals surface area (Å²) in [6.45, 7) is 2.67. The Balaban J connectivity index is 1.43. The Bertz CT molecular complexity index is 1080. The number of likely N-dealkylation sites (tertiary alicyclic amines) is 1. The third-order valence-corrected chi connectivity index (χ3v) is 5.72. The Morgan fingerprint density at radius 1 is 1.30 bits per heavy atom. The Hall–Kier alpha value is -3.36. The molecule has 0 aliphatic carbocycles. The lowest BCUT2D eigenvalue weighted by molar-refractivity contribution is -0.131. The molecule has 2 aromatic rings. The monoisotopic (exact) mass is 458 g/mol. The first-order chi connectivity index (χ1) is 15.9. The maximum Gasteiger partial charge on any atom is 0.268 e. The fourth-order valence-corrected chi connectivity index (χ4v) is 3.97. The van der Waals surface area contributed by atoms with E-state index >= 15 is 0 Å². The molecule has 1 aromatic carbocycles. The van der Waals surface area contributed by atoms with E-state index in [0.717, 1.165) is 31.1 Å². The number of benzene rings is 1. The summed E-state index contributed by atoms with van der Waals surface area (Å²) in [4.78, 5) is 32.4. The molecule has 33 heavy (non-hydrogen) atoms. The first-order valence-electron chi connectivity index (χ1n) is 10.7. The van der Waals surface area contributed by atoms with E-state index < -0.39 is 43.3 Å². The number of amides is 2. The molecule has 1 atom stereocenters. The van der Waals surface area contributed by atoms with Crippen molar-refractivity contribution in [1.82, 2.24) is 25.4 Å². The van der Waals surface area contributed by atoms with E-state index in [1.165, 1.54) is 12.3 Å². The van der Waals surface area contributed by atoms with Crippen molar-refractivity contribution >= 4 is 22.7 Å². The number of aromatic nitrogens is 1. The van der Waals surface area contributed by atoms with Gasteiger partial charge in [0.1, 0.15) is 18.5 Å². The number of pyridine rings is 1. The maximum absolute atomic E-state index is 13.6. The van der Waals surface area contributed by atoms with Crippen LogP contribution in [0.2, 0.25) is 0 Å². The standard InChI is InChI=1S/C22H24F2N6O3/c23-22(24)10-15(11-25)30(13-22)20(31)12-28-21(32)17-3-4-27-19-2-1-16(9-18(17)19)33-14-29-7-5-26-6-8-29/h1-4,9,15,26H,5-8,10,12-14H2,(H,28,32). The highest BCUT2D eigenvalue weighted by molar-refractivity contribution is 6.07. The number of ether oxygens (including phenoxy) is 1. The van der Waals surface area contributed by atoms with Crippen LogP contribution in [0.25, 0.3) is 10.9 Å². The number of carbonyl (C=O) groups excluding carboxylic acids is 2. The zero-order valence-electron chi connectivity index (χ0n) is 17.9. The Labute approximate surface area is 189 Å². The van der Waals surface area contributed by atoms with Gasteiger partial charge >= 0.3 is 0 Å². The van der Waals surface area contributed by atoms with Crippen molar-refractivity contribution in [2.75, 3.05) is 46.0 Å². The van der Waals surface area contributed by atoms with Gasteiger partial charge in [-0.2, -0.15) is 5.26 Å². The number of hydrogen-bond acceptors (Lipinski definition) is 7. The van der Waals surface area contributed by atoms with Crippen molar-refractivity contribution in [1.29, 1.82) is 5.26 Å². The number of alkyl halides is 2. The smallest absolute Gasteiger partial charge is 0.268 e. The number of nitrogens with one attached hydrogen (secondary N) is 2. The van der Waals surface area contributed by atoms with Crippen molar-refractivity contribution in [3.05, 3.63) is 36.0 Å². The summed E-state index contributed by atoms with van der Waals surface area (Å²) in [5.74, 6) is -3.81. The van der Waals surface area contributed by atoms with Crippen molar-refractivity contribution in [3.63, 3.8) is 0 Å². The molecule has 4 rings (SSSR count). The SMILES string of the molecule is N#CC1CC(F)(F)CN1C(=O)CNC(=O)c1ccnc2ccc(OCN3CCNCC3)cc12. The van der Waals surface area contributed by atoms with E-state index in [0.29, 0.717) is 23.4 Å². The molecule has 2 N–H and O–H groups in total. The molecule has 11 heteroatoms. The third kappa shape index (κ3) is 5.35. The van der Waals surface area contributed by atoms with E-state index in [9.17, 15) is 18.4 Å². The van der Waals surface area contributed by atoms with Crippen LogP contribution in [0.3, 0.4) is 0 Å². The molecule has 1 unspecified atom stereocenters. The summed E-state index contributed by atoms with van der Waals surface area (Å²) < 4.78 is 33.1. The lowest BCUT2D eigenvalue weighted by Crippen LogP contribution is -2.44. The molecule has 2 fully saturated rings. The van der Waals surface area contributed by atoms with Crippen LogP contribution in [0.15, 0.2) is 30.5 Å². The van der Waals surface area contributed by atoms with Gasteiger partial charge in [0.2, 0.25) is 5.91 Å². The van der Waals surface area contributed by atoms with Crippen LogP contribution in [0.4, 0.5) is 8.78 Å². The fraction of sp³-hybridized carbons (Fsp3) is 0.455. The highest BCUT2D eigenvalue weighted by atomic mass is 19.3. The van der Waals surface area contributed by atoms with E-state index in [4.69, 9.17) is 10.00 Å². The van der Waals surface area contributed by atoms with Crippen molar-refractivity contribution in [2.24, 2.45) is 0 Å². The van der Waals surface area contributed by atoms with Crippen molar-refractivity contribution < 1.29 is 23.1 Å². The van der Waals surface area contributed by atoms with E-state index in [-0.39, 0.29) is 5.56 Å². The lowest BCUT2D eigenvalue weighted by atomic mass is 10.1. The van der Waals surface area contributed by atoms with Crippen LogP contribution in [0, 0.1) is 11.3 Å². The number of rotatable bonds is 6. The average Bonchev–Trinajstić information content (AvgIpc) is 3.15. The quantitative estimate of drug-likeness (QED) is 0.664. The zero-order valence-corrected chi connectivity index (χ0v) is 17.9. The topological polar surface area (TPSA) is 111 Å². The Kier molecular flexibility index (Phi) is 6.67. The van der Waals surface area contributed by atoms with Gasteiger partial charge in [-0.15, -0.1) is 0 Å². The van der Waals surface area contributed by atoms with Crippen LogP contribution in [-0.4, -0.2) is 84.6 Å². The minimum Gasteiger partial charge on any atom is -0.478 e. The number of halogens is 2. The second-order valence-electron chi connectivity index (χ2n) is 8.09. The lowest BCUT2D eigenvalue weighted by Gasteiger charge is -2.26. The van der Waals surface area contributed by atoms with Gasteiger partial charge in [-0.05, 0) is 24.3 Å². The molecule has 0 spiro atoms. The summed E-state index contributed by atoms with van der Waals surface area (Å²) in [7, 11) is 0. The molecular formula is C22H24F2N6O3. The Morgan fingerprint density at radius 3 is 2.85 bits per heavy atom. The zero-order chi connectivity index (χ0) is 23.4. The molecule has 174 valence electrons. The second-order valence-corrected chi connectivity index (χ2v) is 8.09. The van der Waals surface area contributed by atoms with Gasteiger partial charge in [0.25, 0.3) is 11.8 Å². The number of fused-ring (bicyclic) bond motifs is 1. The van der Waals surface area contributed by atoms with Crippen LogP contribution in [0.5, 0.6) is 5.75 Å². The van der Waals surface area contributed by atoms with Crippen molar-refractivity contribution in [2.45, 2.75) is 18.4 Å². The van der Waals surface area contributed by atoms with Gasteiger partial charge in [0.05, 0.1) is 30.2 Å². The summed E-state index contributed by atoms with van der Waals surface area (Å²) in [6, 6.07) is 7.27. The normalized spacial score (nSPS) is 20.4. The predicted molar refractivity (Wildman–Crippen MR) is 115 cm³/mol. The number of piperazine rings is 1. The molecule has 2 amide bonds. The fourth-order valence-electron chi connectivity index (χ4n) is 3.97. The molecule has 3 heterocycles. The number of hydrogen-bond donors (Lipinski definition) is 2. The highest BCUT2D eigenvalue weighted by Crippen LogP contribution is 2.31. The minimum atomic E-state index is -3.11. The molecule has 0 radical (unpaired) electrons. The van der Waals surface area contributed by atoms with Crippen LogP contribution in [0.1, 0.15) is 16.8 Å². The summed E-state index contributed by atoms with van der Waals surface area (Å²) in [5.41, 5.74) is 0.858. The van der Waals surface area contributed by atoms with Crippen LogP contribution in [-0.2, 0) is 4.79 Å². The average molecular weight is 458 g/mol. The van der Waals surface area contributed by atoms with Gasteiger partial charge in [0.15, 0.2) is 0 Å². The molecule has 0 saturated carbocycles. The van der Waals surface area contributed by atoms with E-state index in [1.54, 1.807) is 24.3 Å². The minimum absolute atomic E-state index is 0.281. The molecule has 9 nitrogen and oxygen atoms in total. The summed E-state index contributed by atoms with van der Waals surface area (Å²) in [5, 5.41) is 15.3. The number of nitrogens with zero attached hydrogens (tertiary/aromatic N) is 4. The molecule has 0 bridgehead atoms. The van der Waals surface area contributed by atoms with Crippen LogP contribution < -0.4 is 15.4 Å². The van der Waals surface area contributed by atoms with E-state index in [2.05, 4.69) is 20.5 Å². The second kappa shape index (κ2) is 9.64. The first kappa shape index (κ1) is 22.8. The molecule has 2 saturated heterocycles. The molecule has 1 aromatic heterocycles. The Morgan fingerprint density at radius 2 is 2.09 bits per heavy atom. The van der Waals surface area contributed by atoms with E-state index in [1.807, 2.05) is 0 Å². The molecular weight excluding hydrogens is 434 g/mol. The molecule has 2 aliphatic rings. The van der Waals surface area contributed by atoms with Crippen molar-refractivity contribution in [3.8, 4) is 11.8 Å². The summed E-state index contributed by atoms with van der Waals surface area (Å²) >= 11 is 0. The highest BCUT2D eigenvalue weighted by Gasteiger charge is 2.47. The number of carbonyl (C=O) groups is 2. The number of nitriles is 1. The van der Waals surface area contributed by atoms with Gasteiger partial charge in [-0.1, -0.05) is 0 Å². The third-order valence-electron chi connectivity index (χ3n) is 5.72.